The Morgan fingerprint density at radius 2 is 2.17 bits per heavy atom. The maximum atomic E-state index is 14.2. The number of urea groups is 1. The molecule has 2 fully saturated rings. The number of anilines is 1. The highest BCUT2D eigenvalue weighted by Crippen LogP contribution is 2.27. The molecular weight excluding hydrogens is 471 g/mol. The van der Waals surface area contributed by atoms with Crippen LogP contribution in [0.2, 0.25) is 5.02 Å². The van der Waals surface area contributed by atoms with E-state index in [1.807, 2.05) is 6.20 Å². The number of benzene rings is 1. The lowest BCUT2D eigenvalue weighted by Crippen LogP contribution is -2.45. The number of ether oxygens (including phenoxy) is 1. The molecule has 3 aliphatic heterocycles. The molecule has 2 amide bonds. The van der Waals surface area contributed by atoms with Gasteiger partial charge in [-0.2, -0.15) is 0 Å². The SMILES string of the molecule is O=C(NC(CC1CCCN1)c1ccc(Cl)c(F)c1)N1CCc2cnc(NC3CCOCC3)nc2C1. The molecule has 0 aliphatic carbocycles. The maximum Gasteiger partial charge on any atom is 0.318 e. The lowest BCUT2D eigenvalue weighted by atomic mass is 9.98. The first kappa shape index (κ1) is 24.2. The molecule has 10 heteroatoms. The molecule has 35 heavy (non-hydrogen) atoms. The summed E-state index contributed by atoms with van der Waals surface area (Å²) in [5, 5.41) is 10.1. The Morgan fingerprint density at radius 3 is 2.94 bits per heavy atom. The zero-order valence-corrected chi connectivity index (χ0v) is 20.5. The van der Waals surface area contributed by atoms with Crippen LogP contribution in [0.3, 0.4) is 0 Å². The van der Waals surface area contributed by atoms with E-state index < -0.39 is 5.82 Å². The quantitative estimate of drug-likeness (QED) is 0.556. The average Bonchev–Trinajstić information content (AvgIpc) is 3.39. The molecule has 2 aromatic rings. The van der Waals surface area contributed by atoms with Crippen LogP contribution >= 0.6 is 11.6 Å². The van der Waals surface area contributed by atoms with Gasteiger partial charge in [-0.05, 0) is 68.3 Å². The molecular formula is C25H32ClFN6O2. The van der Waals surface area contributed by atoms with Crippen LogP contribution in [-0.4, -0.2) is 59.3 Å². The van der Waals surface area contributed by atoms with Crippen molar-refractivity contribution >= 4 is 23.6 Å². The van der Waals surface area contributed by atoms with Crippen molar-refractivity contribution in [2.24, 2.45) is 0 Å². The largest absolute Gasteiger partial charge is 0.381 e. The Hall–Kier alpha value is -2.49. The molecule has 0 spiro atoms. The van der Waals surface area contributed by atoms with E-state index in [0.717, 1.165) is 62.3 Å². The summed E-state index contributed by atoms with van der Waals surface area (Å²) in [5.41, 5.74) is 2.65. The molecule has 188 valence electrons. The van der Waals surface area contributed by atoms with Crippen LogP contribution in [0, 0.1) is 5.82 Å². The summed E-state index contributed by atoms with van der Waals surface area (Å²) in [4.78, 5) is 24.3. The summed E-state index contributed by atoms with van der Waals surface area (Å²) in [5.74, 6) is 0.121. The molecule has 3 N–H and O–H groups in total. The van der Waals surface area contributed by atoms with E-state index in [9.17, 15) is 9.18 Å². The van der Waals surface area contributed by atoms with Crippen LogP contribution in [0.4, 0.5) is 15.1 Å². The fourth-order valence-electron chi connectivity index (χ4n) is 5.06. The third-order valence-electron chi connectivity index (χ3n) is 7.11. The second kappa shape index (κ2) is 11.1. The van der Waals surface area contributed by atoms with Gasteiger partial charge in [0.25, 0.3) is 0 Å². The highest BCUT2D eigenvalue weighted by atomic mass is 35.5. The average molecular weight is 503 g/mol. The second-order valence-electron chi connectivity index (χ2n) is 9.57. The van der Waals surface area contributed by atoms with Gasteiger partial charge in [0.2, 0.25) is 5.95 Å². The number of carbonyl (C=O) groups excluding carboxylic acids is 1. The molecule has 0 bridgehead atoms. The number of aromatic nitrogens is 2. The van der Waals surface area contributed by atoms with Gasteiger partial charge in [-0.1, -0.05) is 17.7 Å². The molecule has 2 saturated heterocycles. The van der Waals surface area contributed by atoms with Gasteiger partial charge >= 0.3 is 6.03 Å². The number of nitrogens with one attached hydrogen (secondary N) is 3. The number of rotatable bonds is 6. The Morgan fingerprint density at radius 1 is 1.31 bits per heavy atom. The summed E-state index contributed by atoms with van der Waals surface area (Å²) in [6, 6.07) is 4.86. The first-order valence-corrected chi connectivity index (χ1v) is 12.9. The number of carbonyl (C=O) groups is 1. The van der Waals surface area contributed by atoms with Crippen molar-refractivity contribution < 1.29 is 13.9 Å². The zero-order chi connectivity index (χ0) is 24.2. The monoisotopic (exact) mass is 502 g/mol. The minimum absolute atomic E-state index is 0.0790. The Kier molecular flexibility index (Phi) is 7.65. The van der Waals surface area contributed by atoms with Gasteiger partial charge in [0.05, 0.1) is 23.3 Å². The number of nitrogens with zero attached hydrogens (tertiary/aromatic N) is 3. The number of halogens is 2. The van der Waals surface area contributed by atoms with Crippen molar-refractivity contribution in [3.63, 3.8) is 0 Å². The van der Waals surface area contributed by atoms with E-state index in [0.29, 0.717) is 37.9 Å². The topological polar surface area (TPSA) is 91.4 Å². The predicted octanol–water partition coefficient (Wildman–Crippen LogP) is 3.81. The Labute approximate surface area is 210 Å². The minimum Gasteiger partial charge on any atom is -0.381 e. The van der Waals surface area contributed by atoms with E-state index in [1.165, 1.54) is 6.07 Å². The van der Waals surface area contributed by atoms with Gasteiger partial charge in [0.1, 0.15) is 5.82 Å². The van der Waals surface area contributed by atoms with Crippen molar-refractivity contribution in [3.8, 4) is 0 Å². The summed E-state index contributed by atoms with van der Waals surface area (Å²) >= 11 is 5.90. The normalized spacial score (nSPS) is 21.4. The van der Waals surface area contributed by atoms with Crippen LogP contribution in [0.1, 0.15) is 55.0 Å². The zero-order valence-electron chi connectivity index (χ0n) is 19.7. The molecule has 8 nitrogen and oxygen atoms in total. The third-order valence-corrected chi connectivity index (χ3v) is 7.42. The van der Waals surface area contributed by atoms with E-state index in [2.05, 4.69) is 20.9 Å². The predicted molar refractivity (Wildman–Crippen MR) is 132 cm³/mol. The summed E-state index contributed by atoms with van der Waals surface area (Å²) in [6.45, 7) is 3.44. The standard InChI is InChI=1S/C25H32ClFN6O2/c26-20-4-3-16(12-21(20)27)22(13-19-2-1-8-28-19)32-25(34)33-9-5-17-14-29-24(31-23(17)15-33)30-18-6-10-35-11-7-18/h3-4,12,14,18-19,22,28H,1-2,5-11,13,15H2,(H,32,34)(H,29,30,31). The Bertz CT molecular complexity index is 1040. The second-order valence-corrected chi connectivity index (χ2v) is 9.98. The van der Waals surface area contributed by atoms with Gasteiger partial charge in [0.15, 0.2) is 0 Å². The maximum absolute atomic E-state index is 14.2. The lowest BCUT2D eigenvalue weighted by Gasteiger charge is -2.31. The van der Waals surface area contributed by atoms with Crippen molar-refractivity contribution in [3.05, 3.63) is 52.1 Å². The molecule has 2 atom stereocenters. The van der Waals surface area contributed by atoms with Gasteiger partial charge < -0.3 is 25.6 Å². The number of hydrogen-bond donors (Lipinski definition) is 3. The lowest BCUT2D eigenvalue weighted by molar-refractivity contribution is 0.0903. The number of hydrogen-bond acceptors (Lipinski definition) is 6. The van der Waals surface area contributed by atoms with Crippen LogP contribution in [0.25, 0.3) is 0 Å². The minimum atomic E-state index is -0.476. The van der Waals surface area contributed by atoms with Gasteiger partial charge in [-0.25, -0.2) is 19.2 Å². The smallest absolute Gasteiger partial charge is 0.318 e. The molecule has 1 aromatic carbocycles. The fourth-order valence-corrected chi connectivity index (χ4v) is 5.18. The molecule has 2 unspecified atom stereocenters. The summed E-state index contributed by atoms with van der Waals surface area (Å²) in [7, 11) is 0. The Balaban J connectivity index is 1.27. The van der Waals surface area contributed by atoms with Gasteiger partial charge in [0, 0.05) is 38.0 Å². The van der Waals surface area contributed by atoms with Gasteiger partial charge in [-0.15, -0.1) is 0 Å². The van der Waals surface area contributed by atoms with Crippen molar-refractivity contribution in [1.29, 1.82) is 0 Å². The number of amides is 2. The van der Waals surface area contributed by atoms with Gasteiger partial charge in [-0.3, -0.25) is 0 Å². The molecule has 4 heterocycles. The third kappa shape index (κ3) is 6.02. The molecule has 0 radical (unpaired) electrons. The van der Waals surface area contributed by atoms with E-state index in [4.69, 9.17) is 21.3 Å². The van der Waals surface area contributed by atoms with Crippen LogP contribution in [-0.2, 0) is 17.7 Å². The summed E-state index contributed by atoms with van der Waals surface area (Å²) in [6.07, 6.45) is 7.26. The van der Waals surface area contributed by atoms with E-state index in [1.54, 1.807) is 17.0 Å². The van der Waals surface area contributed by atoms with Crippen molar-refractivity contribution in [2.45, 2.75) is 63.2 Å². The first-order valence-electron chi connectivity index (χ1n) is 12.5. The first-order chi connectivity index (χ1) is 17.0. The van der Waals surface area contributed by atoms with Crippen molar-refractivity contribution in [1.82, 2.24) is 25.5 Å². The fraction of sp³-hybridized carbons (Fsp3) is 0.560. The molecule has 0 saturated carbocycles. The van der Waals surface area contributed by atoms with Crippen LogP contribution < -0.4 is 16.0 Å². The van der Waals surface area contributed by atoms with Crippen molar-refractivity contribution in [2.75, 3.05) is 31.6 Å². The highest BCUT2D eigenvalue weighted by molar-refractivity contribution is 6.30. The number of fused-ring (bicyclic) bond motifs is 1. The van der Waals surface area contributed by atoms with E-state index >= 15 is 0 Å². The highest BCUT2D eigenvalue weighted by Gasteiger charge is 2.28. The molecule has 5 rings (SSSR count). The summed E-state index contributed by atoms with van der Waals surface area (Å²) < 4.78 is 19.6. The molecule has 3 aliphatic rings. The van der Waals surface area contributed by atoms with Crippen LogP contribution in [0.15, 0.2) is 24.4 Å². The van der Waals surface area contributed by atoms with Crippen LogP contribution in [0.5, 0.6) is 0 Å². The molecule has 1 aromatic heterocycles. The van der Waals surface area contributed by atoms with E-state index in [-0.39, 0.29) is 23.1 Å².